The SMILES string of the molecule is COc1ccc(C)cc1CC(=O)Cc1csc(N)n1. The second-order valence-corrected chi connectivity index (χ2v) is 5.27. The Labute approximate surface area is 116 Å². The number of aryl methyl sites for hydroxylation is 1. The zero-order chi connectivity index (χ0) is 13.8. The summed E-state index contributed by atoms with van der Waals surface area (Å²) in [5, 5.41) is 2.32. The third kappa shape index (κ3) is 3.54. The number of benzene rings is 1. The van der Waals surface area contributed by atoms with Crippen LogP contribution >= 0.6 is 11.3 Å². The predicted octanol–water partition coefficient (Wildman–Crippen LogP) is 2.40. The molecule has 19 heavy (non-hydrogen) atoms. The maximum absolute atomic E-state index is 12.0. The van der Waals surface area contributed by atoms with Crippen molar-refractivity contribution in [3.8, 4) is 5.75 Å². The van der Waals surface area contributed by atoms with Gasteiger partial charge in [0.2, 0.25) is 0 Å². The van der Waals surface area contributed by atoms with Gasteiger partial charge in [0.1, 0.15) is 11.5 Å². The molecule has 0 bridgehead atoms. The highest BCUT2D eigenvalue weighted by Crippen LogP contribution is 2.21. The van der Waals surface area contributed by atoms with Gasteiger partial charge in [-0.3, -0.25) is 4.79 Å². The largest absolute Gasteiger partial charge is 0.496 e. The highest BCUT2D eigenvalue weighted by Gasteiger charge is 2.11. The minimum absolute atomic E-state index is 0.106. The Morgan fingerprint density at radius 3 is 2.84 bits per heavy atom. The lowest BCUT2D eigenvalue weighted by molar-refractivity contribution is -0.117. The number of thiazole rings is 1. The first-order chi connectivity index (χ1) is 9.08. The lowest BCUT2D eigenvalue weighted by atomic mass is 10.0. The molecule has 1 heterocycles. The van der Waals surface area contributed by atoms with Gasteiger partial charge in [-0.25, -0.2) is 4.98 Å². The Bertz CT molecular complexity index is 593. The molecule has 0 radical (unpaired) electrons. The summed E-state index contributed by atoms with van der Waals surface area (Å²) >= 11 is 1.35. The van der Waals surface area contributed by atoms with E-state index >= 15 is 0 Å². The quantitative estimate of drug-likeness (QED) is 0.910. The fourth-order valence-corrected chi connectivity index (χ4v) is 2.49. The first kappa shape index (κ1) is 13.5. The number of anilines is 1. The number of ether oxygens (including phenoxy) is 1. The molecule has 4 nitrogen and oxygen atoms in total. The molecular weight excluding hydrogens is 260 g/mol. The summed E-state index contributed by atoms with van der Waals surface area (Å²) in [5.41, 5.74) is 8.31. The maximum atomic E-state index is 12.0. The first-order valence-corrected chi connectivity index (χ1v) is 6.81. The van der Waals surface area contributed by atoms with E-state index in [0.29, 0.717) is 18.0 Å². The number of aromatic nitrogens is 1. The number of nitrogen functional groups attached to an aromatic ring is 1. The lowest BCUT2D eigenvalue weighted by Crippen LogP contribution is -2.08. The van der Waals surface area contributed by atoms with Crippen LogP contribution in [-0.2, 0) is 17.6 Å². The third-order valence-electron chi connectivity index (χ3n) is 2.77. The number of carbonyl (C=O) groups excluding carboxylic acids is 1. The van der Waals surface area contributed by atoms with Crippen LogP contribution in [0, 0.1) is 6.92 Å². The molecule has 0 unspecified atom stereocenters. The number of methoxy groups -OCH3 is 1. The monoisotopic (exact) mass is 276 g/mol. The van der Waals surface area contributed by atoms with E-state index in [1.165, 1.54) is 11.3 Å². The van der Waals surface area contributed by atoms with Crippen LogP contribution in [-0.4, -0.2) is 17.9 Å². The Kier molecular flexibility index (Phi) is 4.16. The van der Waals surface area contributed by atoms with Crippen molar-refractivity contribution >= 4 is 22.3 Å². The van der Waals surface area contributed by atoms with Crippen molar-refractivity contribution < 1.29 is 9.53 Å². The van der Waals surface area contributed by atoms with Crippen LogP contribution in [0.4, 0.5) is 5.13 Å². The molecule has 2 N–H and O–H groups in total. The van der Waals surface area contributed by atoms with E-state index in [4.69, 9.17) is 10.5 Å². The summed E-state index contributed by atoms with van der Waals surface area (Å²) in [6.07, 6.45) is 0.660. The molecule has 0 saturated carbocycles. The molecule has 0 atom stereocenters. The summed E-state index contributed by atoms with van der Waals surface area (Å²) in [4.78, 5) is 16.1. The molecule has 1 aromatic heterocycles. The van der Waals surface area contributed by atoms with Crippen molar-refractivity contribution in [1.29, 1.82) is 0 Å². The minimum Gasteiger partial charge on any atom is -0.496 e. The maximum Gasteiger partial charge on any atom is 0.180 e. The zero-order valence-electron chi connectivity index (χ0n) is 11.0. The second kappa shape index (κ2) is 5.84. The van der Waals surface area contributed by atoms with Gasteiger partial charge in [0.05, 0.1) is 12.8 Å². The summed E-state index contributed by atoms with van der Waals surface area (Å²) in [6.45, 7) is 1.99. The molecule has 0 aliphatic rings. The van der Waals surface area contributed by atoms with Crippen molar-refractivity contribution in [2.45, 2.75) is 19.8 Å². The Morgan fingerprint density at radius 1 is 1.42 bits per heavy atom. The van der Waals surface area contributed by atoms with E-state index in [9.17, 15) is 4.79 Å². The van der Waals surface area contributed by atoms with Crippen molar-refractivity contribution in [3.05, 3.63) is 40.4 Å². The first-order valence-electron chi connectivity index (χ1n) is 5.93. The number of hydrogen-bond donors (Lipinski definition) is 1. The molecule has 0 aliphatic heterocycles. The van der Waals surface area contributed by atoms with Gasteiger partial charge in [0.25, 0.3) is 0 Å². The summed E-state index contributed by atoms with van der Waals surface area (Å²) in [6, 6.07) is 5.83. The smallest absolute Gasteiger partial charge is 0.180 e. The molecule has 0 saturated heterocycles. The summed E-state index contributed by atoms with van der Waals surface area (Å²) in [5.74, 6) is 0.853. The standard InChI is InChI=1S/C14H16N2O2S/c1-9-3-4-13(18-2)10(5-9)6-12(17)7-11-8-19-14(15)16-11/h3-5,8H,6-7H2,1-2H3,(H2,15,16). The molecule has 0 aliphatic carbocycles. The number of hydrogen-bond acceptors (Lipinski definition) is 5. The van der Waals surface area contributed by atoms with Gasteiger partial charge < -0.3 is 10.5 Å². The van der Waals surface area contributed by atoms with Crippen LogP contribution < -0.4 is 10.5 Å². The fourth-order valence-electron chi connectivity index (χ4n) is 1.93. The molecule has 0 amide bonds. The van der Waals surface area contributed by atoms with Gasteiger partial charge in [0.15, 0.2) is 5.13 Å². The summed E-state index contributed by atoms with van der Waals surface area (Å²) < 4.78 is 5.27. The van der Waals surface area contributed by atoms with Crippen LogP contribution in [0.3, 0.4) is 0 Å². The van der Waals surface area contributed by atoms with E-state index in [-0.39, 0.29) is 5.78 Å². The molecule has 0 fully saturated rings. The molecule has 0 spiro atoms. The zero-order valence-corrected chi connectivity index (χ0v) is 11.8. The number of ketones is 1. The molecule has 100 valence electrons. The normalized spacial score (nSPS) is 10.4. The van der Waals surface area contributed by atoms with E-state index in [1.54, 1.807) is 7.11 Å². The second-order valence-electron chi connectivity index (χ2n) is 4.38. The fraction of sp³-hybridized carbons (Fsp3) is 0.286. The molecule has 5 heteroatoms. The number of nitrogens with two attached hydrogens (primary N) is 1. The molecule has 2 aromatic rings. The number of carbonyl (C=O) groups is 1. The van der Waals surface area contributed by atoms with Crippen LogP contribution in [0.5, 0.6) is 5.75 Å². The topological polar surface area (TPSA) is 65.2 Å². The Hall–Kier alpha value is -1.88. The highest BCUT2D eigenvalue weighted by atomic mass is 32.1. The van der Waals surface area contributed by atoms with Crippen LogP contribution in [0.15, 0.2) is 23.6 Å². The van der Waals surface area contributed by atoms with Crippen molar-refractivity contribution in [2.75, 3.05) is 12.8 Å². The lowest BCUT2D eigenvalue weighted by Gasteiger charge is -2.08. The van der Waals surface area contributed by atoms with Gasteiger partial charge in [-0.2, -0.15) is 0 Å². The van der Waals surface area contributed by atoms with E-state index in [1.807, 2.05) is 30.5 Å². The van der Waals surface area contributed by atoms with Gasteiger partial charge in [-0.1, -0.05) is 17.7 Å². The van der Waals surface area contributed by atoms with Gasteiger partial charge >= 0.3 is 0 Å². The van der Waals surface area contributed by atoms with E-state index in [0.717, 1.165) is 22.6 Å². The van der Waals surface area contributed by atoms with Crippen LogP contribution in [0.2, 0.25) is 0 Å². The van der Waals surface area contributed by atoms with Crippen molar-refractivity contribution in [1.82, 2.24) is 4.98 Å². The van der Waals surface area contributed by atoms with Crippen molar-refractivity contribution in [3.63, 3.8) is 0 Å². The number of Topliss-reactive ketones (excluding diaryl/α,β-unsaturated/α-hetero) is 1. The third-order valence-corrected chi connectivity index (χ3v) is 3.49. The molecule has 1 aromatic carbocycles. The molecule has 2 rings (SSSR count). The average molecular weight is 276 g/mol. The average Bonchev–Trinajstić information content (AvgIpc) is 2.75. The highest BCUT2D eigenvalue weighted by molar-refractivity contribution is 7.13. The number of nitrogens with zero attached hydrogens (tertiary/aromatic N) is 1. The van der Waals surface area contributed by atoms with Gasteiger partial charge in [-0.15, -0.1) is 11.3 Å². The Morgan fingerprint density at radius 2 is 2.21 bits per heavy atom. The van der Waals surface area contributed by atoms with E-state index < -0.39 is 0 Å². The minimum atomic E-state index is 0.106. The molecular formula is C14H16N2O2S. The Balaban J connectivity index is 2.08. The van der Waals surface area contributed by atoms with Crippen LogP contribution in [0.25, 0.3) is 0 Å². The van der Waals surface area contributed by atoms with Gasteiger partial charge in [0, 0.05) is 23.8 Å². The predicted molar refractivity (Wildman–Crippen MR) is 76.7 cm³/mol. The van der Waals surface area contributed by atoms with Crippen LogP contribution in [0.1, 0.15) is 16.8 Å². The summed E-state index contributed by atoms with van der Waals surface area (Å²) in [7, 11) is 1.61. The number of rotatable bonds is 5. The van der Waals surface area contributed by atoms with E-state index in [2.05, 4.69) is 4.98 Å². The van der Waals surface area contributed by atoms with Gasteiger partial charge in [-0.05, 0) is 13.0 Å². The van der Waals surface area contributed by atoms with Crippen molar-refractivity contribution in [2.24, 2.45) is 0 Å².